The highest BCUT2D eigenvalue weighted by Crippen LogP contribution is 2.54. The fraction of sp³-hybridized carbons (Fsp3) is 0. The van der Waals surface area contributed by atoms with E-state index >= 15 is 0 Å². The van der Waals surface area contributed by atoms with Crippen LogP contribution in [0.25, 0.3) is 47.7 Å². The summed E-state index contributed by atoms with van der Waals surface area (Å²) < 4.78 is 12.2. The van der Waals surface area contributed by atoms with Crippen molar-refractivity contribution in [3.05, 3.63) is 152 Å². The van der Waals surface area contributed by atoms with Crippen LogP contribution in [0.2, 0.25) is 0 Å². The Morgan fingerprint density at radius 3 is 2.07 bits per heavy atom. The van der Waals surface area contributed by atoms with Gasteiger partial charge >= 0.3 is 0 Å². The van der Waals surface area contributed by atoms with Crippen molar-refractivity contribution in [1.29, 1.82) is 0 Å². The van der Waals surface area contributed by atoms with E-state index in [4.69, 9.17) is 4.74 Å². The monoisotopic (exact) mass is 713 g/mol. The molecule has 2 aromatic heterocycles. The molecule has 0 radical (unpaired) electrons. The summed E-state index contributed by atoms with van der Waals surface area (Å²) in [5.41, 5.74) is 19.3. The number of aromatic nitrogens is 1. The summed E-state index contributed by atoms with van der Waals surface area (Å²) in [5, 5.41) is 5.42. The van der Waals surface area contributed by atoms with Crippen molar-refractivity contribution in [2.75, 3.05) is 9.80 Å². The van der Waals surface area contributed by atoms with Crippen LogP contribution in [0.5, 0.6) is 11.5 Å². The van der Waals surface area contributed by atoms with Crippen molar-refractivity contribution < 1.29 is 4.74 Å². The molecule has 8 aromatic carbocycles. The molecule has 4 nitrogen and oxygen atoms in total. The first-order chi connectivity index (χ1) is 27.3. The van der Waals surface area contributed by atoms with Crippen LogP contribution in [0.15, 0.2) is 152 Å². The van der Waals surface area contributed by atoms with Gasteiger partial charge in [0.2, 0.25) is 0 Å². The van der Waals surface area contributed by atoms with Crippen molar-refractivity contribution in [2.24, 2.45) is 0 Å². The van der Waals surface area contributed by atoms with E-state index < -0.39 is 0 Å². The average Bonchev–Trinajstić information content (AvgIpc) is 3.79. The first-order valence-corrected chi connectivity index (χ1v) is 19.9. The lowest BCUT2D eigenvalue weighted by Gasteiger charge is -2.47. The predicted molar refractivity (Wildman–Crippen MR) is 232 cm³/mol. The largest absolute Gasteiger partial charge is 0.453 e. The van der Waals surface area contributed by atoms with E-state index in [0.29, 0.717) is 0 Å². The fourth-order valence-corrected chi connectivity index (χ4v) is 12.4. The lowest BCUT2D eigenvalue weighted by molar-refractivity contribution is 0.477. The van der Waals surface area contributed by atoms with Crippen molar-refractivity contribution >= 4 is 134 Å². The van der Waals surface area contributed by atoms with Crippen LogP contribution in [0.1, 0.15) is 0 Å². The van der Waals surface area contributed by atoms with Crippen LogP contribution in [0.4, 0.5) is 34.1 Å². The van der Waals surface area contributed by atoms with E-state index in [1.807, 2.05) is 11.3 Å². The lowest BCUT2D eigenvalue weighted by atomic mass is 9.29. The lowest BCUT2D eigenvalue weighted by Crippen LogP contribution is -2.67. The standard InChI is InChI=1S/C48H25B2N3OS/c1-2-12-26(13-3-1)51-34-19-6-5-16-30(34)49-31-17-10-15-28-41-46-33(24-29-27-14-4-9-23-40(27)55-48(29)41)50-32-18-11-22-39-45(32)52(35-20-7-8-21-38(35)54-39)37-25-36(51)42(49)47(43(37)50)53(46)44(28)31/h1-25H. The van der Waals surface area contributed by atoms with Crippen LogP contribution in [0, 0.1) is 0 Å². The maximum atomic E-state index is 6.79. The molecule has 7 heterocycles. The molecule has 250 valence electrons. The van der Waals surface area contributed by atoms with Crippen LogP contribution in [0.3, 0.4) is 0 Å². The Balaban J connectivity index is 1.22. The number of thiophene rings is 1. The van der Waals surface area contributed by atoms with Gasteiger partial charge in [-0.05, 0) is 81.3 Å². The Morgan fingerprint density at radius 2 is 1.15 bits per heavy atom. The quantitative estimate of drug-likeness (QED) is 0.159. The molecule has 0 unspecified atom stereocenters. The van der Waals surface area contributed by atoms with Gasteiger partial charge in [-0.3, -0.25) is 0 Å². The van der Waals surface area contributed by atoms with Crippen molar-refractivity contribution in [3.8, 4) is 17.2 Å². The molecule has 15 rings (SSSR count). The van der Waals surface area contributed by atoms with Gasteiger partial charge in [0.15, 0.2) is 11.5 Å². The van der Waals surface area contributed by atoms with Gasteiger partial charge in [-0.25, -0.2) is 0 Å². The van der Waals surface area contributed by atoms with Crippen LogP contribution >= 0.6 is 11.3 Å². The number of para-hydroxylation sites is 6. The van der Waals surface area contributed by atoms with E-state index in [9.17, 15) is 0 Å². The molecule has 7 heteroatoms. The van der Waals surface area contributed by atoms with Gasteiger partial charge in [0.1, 0.15) is 0 Å². The van der Waals surface area contributed by atoms with Gasteiger partial charge in [0.25, 0.3) is 13.4 Å². The fourth-order valence-electron chi connectivity index (χ4n) is 11.2. The third kappa shape index (κ3) is 3.05. The van der Waals surface area contributed by atoms with Gasteiger partial charge in [0, 0.05) is 64.9 Å². The SMILES string of the molecule is c1ccc(N2c3ccccc3B3c4c2cc2c5c4-n4c6c3cccc6c3c6sc7ccccc7c6cc(c34)B5c3cccc4c3N2c2ccccc2O4)cc1. The molecule has 0 saturated heterocycles. The Hall–Kier alpha value is -6.69. The number of hydrogen-bond donors (Lipinski definition) is 0. The summed E-state index contributed by atoms with van der Waals surface area (Å²) in [5.74, 6) is 1.79. The molecule has 55 heavy (non-hydrogen) atoms. The number of nitrogens with zero attached hydrogens (tertiary/aromatic N) is 3. The van der Waals surface area contributed by atoms with E-state index in [0.717, 1.165) is 28.6 Å². The minimum absolute atomic E-state index is 0.0160. The Morgan fingerprint density at radius 1 is 0.455 bits per heavy atom. The number of ether oxygens (including phenoxy) is 1. The van der Waals surface area contributed by atoms with Gasteiger partial charge < -0.3 is 19.1 Å². The zero-order chi connectivity index (χ0) is 35.3. The number of rotatable bonds is 1. The maximum Gasteiger partial charge on any atom is 0.252 e. The molecule has 0 saturated carbocycles. The molecule has 0 spiro atoms. The van der Waals surface area contributed by atoms with Crippen molar-refractivity contribution in [1.82, 2.24) is 4.57 Å². The third-order valence-corrected chi connectivity index (χ3v) is 14.3. The first kappa shape index (κ1) is 27.9. The smallest absolute Gasteiger partial charge is 0.252 e. The molecule has 0 amide bonds. The average molecular weight is 713 g/mol. The molecular formula is C48H25B2N3OS. The van der Waals surface area contributed by atoms with Crippen LogP contribution in [-0.2, 0) is 0 Å². The topological polar surface area (TPSA) is 20.6 Å². The highest BCUT2D eigenvalue weighted by Gasteiger charge is 2.51. The highest BCUT2D eigenvalue weighted by atomic mass is 32.1. The summed E-state index contributed by atoms with van der Waals surface area (Å²) in [7, 11) is 0. The molecule has 0 fully saturated rings. The molecule has 0 atom stereocenters. The summed E-state index contributed by atoms with van der Waals surface area (Å²) in [6.45, 7) is 0.0964. The Bertz CT molecular complexity index is 3460. The van der Waals surface area contributed by atoms with Crippen LogP contribution < -0.4 is 47.3 Å². The summed E-state index contributed by atoms with van der Waals surface area (Å²) >= 11 is 1.94. The zero-order valence-corrected chi connectivity index (χ0v) is 30.1. The molecule has 0 bridgehead atoms. The van der Waals surface area contributed by atoms with E-state index in [1.165, 1.54) is 97.5 Å². The maximum absolute atomic E-state index is 6.79. The van der Waals surface area contributed by atoms with Crippen molar-refractivity contribution in [2.45, 2.75) is 0 Å². The summed E-state index contributed by atoms with van der Waals surface area (Å²) in [6.07, 6.45) is 0. The summed E-state index contributed by atoms with van der Waals surface area (Å²) in [6, 6.07) is 56.5. The second kappa shape index (κ2) is 9.32. The number of benzene rings is 8. The minimum Gasteiger partial charge on any atom is -0.453 e. The van der Waals surface area contributed by atoms with Gasteiger partial charge in [-0.1, -0.05) is 103 Å². The van der Waals surface area contributed by atoms with Gasteiger partial charge in [-0.15, -0.1) is 11.3 Å². The molecular weight excluding hydrogens is 688 g/mol. The molecule has 0 aliphatic carbocycles. The number of fused-ring (bicyclic) bond motifs is 13. The molecule has 5 aliphatic rings. The third-order valence-electron chi connectivity index (χ3n) is 13.1. The Kier molecular flexibility index (Phi) is 4.72. The van der Waals surface area contributed by atoms with E-state index in [1.54, 1.807) is 0 Å². The van der Waals surface area contributed by atoms with Gasteiger partial charge in [-0.2, -0.15) is 0 Å². The number of anilines is 6. The van der Waals surface area contributed by atoms with Gasteiger partial charge in [0.05, 0.1) is 16.9 Å². The molecule has 5 aliphatic heterocycles. The number of hydrogen-bond acceptors (Lipinski definition) is 4. The van der Waals surface area contributed by atoms with E-state index in [-0.39, 0.29) is 13.4 Å². The second-order valence-corrected chi connectivity index (χ2v) is 16.6. The predicted octanol–water partition coefficient (Wildman–Crippen LogP) is 8.48. The molecule has 10 aromatic rings. The second-order valence-electron chi connectivity index (χ2n) is 15.5. The molecule has 0 N–H and O–H groups in total. The Labute approximate surface area is 320 Å². The highest BCUT2D eigenvalue weighted by molar-refractivity contribution is 7.27. The van der Waals surface area contributed by atoms with Crippen LogP contribution in [-0.4, -0.2) is 18.0 Å². The summed E-state index contributed by atoms with van der Waals surface area (Å²) in [4.78, 5) is 5.05. The van der Waals surface area contributed by atoms with E-state index in [2.05, 4.69) is 166 Å². The normalized spacial score (nSPS) is 14.5. The zero-order valence-electron chi connectivity index (χ0n) is 29.2. The minimum atomic E-state index is 0.0160. The first-order valence-electron chi connectivity index (χ1n) is 19.1. The van der Waals surface area contributed by atoms with Crippen molar-refractivity contribution in [3.63, 3.8) is 0 Å².